The zero-order chi connectivity index (χ0) is 33.1. The molecule has 0 bridgehead atoms. The van der Waals surface area contributed by atoms with Gasteiger partial charge >= 0.3 is 6.09 Å². The van der Waals surface area contributed by atoms with Gasteiger partial charge in [0.1, 0.15) is 18.7 Å². The van der Waals surface area contributed by atoms with Crippen molar-refractivity contribution in [1.29, 1.82) is 0 Å². The summed E-state index contributed by atoms with van der Waals surface area (Å²) < 4.78 is 9.34. The summed E-state index contributed by atoms with van der Waals surface area (Å²) in [6.45, 7) is 9.80. The van der Waals surface area contributed by atoms with Gasteiger partial charge in [0.2, 0.25) is 11.8 Å². The zero-order valence-corrected chi connectivity index (χ0v) is 27.7. The number of amides is 4. The van der Waals surface area contributed by atoms with Crippen molar-refractivity contribution in [2.24, 2.45) is 5.92 Å². The van der Waals surface area contributed by atoms with Gasteiger partial charge in [-0.3, -0.25) is 14.4 Å². The molecule has 0 radical (unpaired) electrons. The molecule has 1 fully saturated rings. The van der Waals surface area contributed by atoms with Gasteiger partial charge in [-0.2, -0.15) is 0 Å². The molecule has 0 saturated carbocycles. The van der Waals surface area contributed by atoms with Gasteiger partial charge in [-0.25, -0.2) is 4.79 Å². The molecule has 2 aromatic carbocycles. The van der Waals surface area contributed by atoms with E-state index in [1.165, 1.54) is 23.8 Å². The van der Waals surface area contributed by atoms with E-state index >= 15 is 0 Å². The van der Waals surface area contributed by atoms with E-state index in [2.05, 4.69) is 16.0 Å². The molecule has 12 heteroatoms. The van der Waals surface area contributed by atoms with Gasteiger partial charge in [0.05, 0.1) is 18.5 Å². The fourth-order valence-electron chi connectivity index (χ4n) is 5.15. The third-order valence-corrected chi connectivity index (χ3v) is 9.17. The number of methoxy groups -OCH3 is 1. The molecule has 4 N–H and O–H groups in total. The molecule has 4 atom stereocenters. The van der Waals surface area contributed by atoms with Gasteiger partial charge in [-0.1, -0.05) is 68.4 Å². The van der Waals surface area contributed by atoms with Crippen molar-refractivity contribution in [3.63, 3.8) is 0 Å². The van der Waals surface area contributed by atoms with E-state index in [4.69, 9.17) is 9.47 Å². The highest BCUT2D eigenvalue weighted by molar-refractivity contribution is 8.00. The van der Waals surface area contributed by atoms with Crippen LogP contribution in [0.2, 0.25) is 0 Å². The fraction of sp³-hybridized carbons (Fsp3) is 0.515. The van der Waals surface area contributed by atoms with Crippen LogP contribution in [0, 0.1) is 12.8 Å². The molecule has 0 aromatic heterocycles. The molecule has 1 heterocycles. The molecule has 2 aromatic rings. The zero-order valence-electron chi connectivity index (χ0n) is 26.9. The Morgan fingerprint density at radius 2 is 1.69 bits per heavy atom. The maximum Gasteiger partial charge on any atom is 0.407 e. The molecule has 246 valence electrons. The summed E-state index contributed by atoms with van der Waals surface area (Å²) in [7, 11) is 1.48. The first-order valence-electron chi connectivity index (χ1n) is 15.1. The van der Waals surface area contributed by atoms with Crippen LogP contribution in [-0.4, -0.2) is 89.0 Å². The van der Waals surface area contributed by atoms with Gasteiger partial charge in [0, 0.05) is 18.4 Å². The topological polar surface area (TPSA) is 146 Å². The van der Waals surface area contributed by atoms with Gasteiger partial charge in [0.15, 0.2) is 6.10 Å². The number of thioether (sulfide) groups is 1. The molecule has 1 aliphatic rings. The molecular formula is C33H46N4O7S. The predicted octanol–water partition coefficient (Wildman–Crippen LogP) is 2.78. The Morgan fingerprint density at radius 1 is 1.02 bits per heavy atom. The van der Waals surface area contributed by atoms with Crippen molar-refractivity contribution in [3.8, 4) is 0 Å². The quantitative estimate of drug-likeness (QED) is 0.230. The summed E-state index contributed by atoms with van der Waals surface area (Å²) in [4.78, 5) is 54.7. The number of carbonyl (C=O) groups excluding carboxylic acids is 4. The Morgan fingerprint density at radius 3 is 2.33 bits per heavy atom. The fourth-order valence-corrected chi connectivity index (χ4v) is 6.29. The third-order valence-electron chi connectivity index (χ3n) is 7.79. The number of nitrogens with one attached hydrogen (secondary N) is 3. The third kappa shape index (κ3) is 9.94. The Balaban J connectivity index is 1.80. The van der Waals surface area contributed by atoms with Crippen LogP contribution >= 0.6 is 11.8 Å². The second-order valence-electron chi connectivity index (χ2n) is 12.0. The summed E-state index contributed by atoms with van der Waals surface area (Å²) >= 11 is 1.44. The Hall–Kier alpha value is -3.61. The minimum Gasteiger partial charge on any atom is -0.447 e. The molecule has 45 heavy (non-hydrogen) atoms. The van der Waals surface area contributed by atoms with E-state index < -0.39 is 46.9 Å². The monoisotopic (exact) mass is 642 g/mol. The maximum absolute atomic E-state index is 13.9. The van der Waals surface area contributed by atoms with Gasteiger partial charge in [-0.15, -0.1) is 11.8 Å². The first kappa shape index (κ1) is 35.9. The summed E-state index contributed by atoms with van der Waals surface area (Å²) in [5, 5.41) is 19.9. The van der Waals surface area contributed by atoms with Gasteiger partial charge in [-0.05, 0) is 49.8 Å². The van der Waals surface area contributed by atoms with Crippen molar-refractivity contribution in [2.45, 2.75) is 76.6 Å². The lowest BCUT2D eigenvalue weighted by atomic mass is 9.96. The minimum absolute atomic E-state index is 0.0164. The molecule has 0 unspecified atom stereocenters. The first-order chi connectivity index (χ1) is 21.4. The van der Waals surface area contributed by atoms with E-state index in [-0.39, 0.29) is 37.3 Å². The van der Waals surface area contributed by atoms with Crippen LogP contribution in [0.25, 0.3) is 0 Å². The van der Waals surface area contributed by atoms with Crippen LogP contribution in [0.1, 0.15) is 44.4 Å². The predicted molar refractivity (Wildman–Crippen MR) is 173 cm³/mol. The van der Waals surface area contributed by atoms with Crippen molar-refractivity contribution >= 4 is 35.6 Å². The number of aliphatic hydroxyl groups excluding tert-OH is 1. The highest BCUT2D eigenvalue weighted by Gasteiger charge is 2.50. The molecule has 0 aliphatic carbocycles. The van der Waals surface area contributed by atoms with Crippen molar-refractivity contribution in [3.05, 3.63) is 71.3 Å². The van der Waals surface area contributed by atoms with E-state index in [9.17, 15) is 24.3 Å². The van der Waals surface area contributed by atoms with E-state index in [1.54, 1.807) is 13.8 Å². The number of aryl methyl sites for hydroxylation is 1. The Kier molecular flexibility index (Phi) is 13.3. The smallest absolute Gasteiger partial charge is 0.407 e. The number of alkyl carbamates (subject to hydrolysis) is 1. The minimum atomic E-state index is -1.67. The molecular weight excluding hydrogens is 596 g/mol. The summed E-state index contributed by atoms with van der Waals surface area (Å²) in [6, 6.07) is 14.0. The highest BCUT2D eigenvalue weighted by atomic mass is 32.2. The van der Waals surface area contributed by atoms with E-state index in [1.807, 2.05) is 75.4 Å². The first-order valence-corrected chi connectivity index (χ1v) is 16.1. The van der Waals surface area contributed by atoms with Crippen LogP contribution in [0.4, 0.5) is 4.79 Å². The van der Waals surface area contributed by atoms with Crippen LogP contribution in [0.5, 0.6) is 0 Å². The van der Waals surface area contributed by atoms with Crippen LogP contribution < -0.4 is 16.0 Å². The van der Waals surface area contributed by atoms with Crippen LogP contribution in [0.3, 0.4) is 0 Å². The summed E-state index contributed by atoms with van der Waals surface area (Å²) in [5.74, 6) is -1.71. The molecule has 0 spiro atoms. The average Bonchev–Trinajstić information content (AvgIpc) is 3.33. The number of ether oxygens (including phenoxy) is 2. The van der Waals surface area contributed by atoms with E-state index in [0.29, 0.717) is 6.54 Å². The van der Waals surface area contributed by atoms with Crippen LogP contribution in [0.15, 0.2) is 54.6 Å². The lowest BCUT2D eigenvalue weighted by molar-refractivity contribution is -0.148. The number of nitrogens with zero attached hydrogens (tertiary/aromatic N) is 1. The number of benzene rings is 2. The van der Waals surface area contributed by atoms with Crippen molar-refractivity contribution in [2.75, 3.05) is 26.2 Å². The highest BCUT2D eigenvalue weighted by Crippen LogP contribution is 2.40. The molecule has 1 saturated heterocycles. The average molecular weight is 643 g/mol. The summed E-state index contributed by atoms with van der Waals surface area (Å²) in [6.07, 6.45) is -2.32. The number of rotatable bonds is 14. The van der Waals surface area contributed by atoms with E-state index in [0.717, 1.165) is 16.7 Å². The van der Waals surface area contributed by atoms with Gasteiger partial charge in [0.25, 0.3) is 5.91 Å². The number of carbonyl (C=O) groups is 4. The largest absolute Gasteiger partial charge is 0.447 e. The molecule has 1 aliphatic heterocycles. The van der Waals surface area contributed by atoms with Crippen LogP contribution in [-0.2, 0) is 36.8 Å². The number of hydrogen-bond donors (Lipinski definition) is 4. The lowest BCUT2D eigenvalue weighted by Crippen LogP contribution is -2.60. The molecule has 3 rings (SSSR count). The van der Waals surface area contributed by atoms with Gasteiger partial charge < -0.3 is 35.4 Å². The Bertz CT molecular complexity index is 1310. The normalized spacial score (nSPS) is 17.7. The lowest BCUT2D eigenvalue weighted by Gasteiger charge is -2.34. The second-order valence-corrected chi connectivity index (χ2v) is 13.6. The molecule has 11 nitrogen and oxygen atoms in total. The summed E-state index contributed by atoms with van der Waals surface area (Å²) in [5.41, 5.74) is 2.79. The SMILES string of the molecule is COCCOC(=O)N[C@H](C(=O)N[C@@H](Cc1ccccc1)[C@H](O)C(=O)N1CSC(C)(C)[C@H]1C(=O)NCc1ccccc1C)C(C)C. The number of aliphatic hydroxyl groups is 1. The standard InChI is InChI=1S/C33H46N4O7S/c1-21(2)26(36-32(42)44-17-16-43-6)29(39)35-25(18-23-13-8-7-9-14-23)27(38)31(41)37-20-45-33(4,5)28(37)30(40)34-19-24-15-11-10-12-22(24)3/h7-15,21,25-28,38H,16-20H2,1-6H3,(H,34,40)(H,35,39)(H,36,42)/t25-,26-,27-,28+/m0/s1. The second kappa shape index (κ2) is 16.6. The number of hydrogen-bond acceptors (Lipinski definition) is 8. The van der Waals surface area contributed by atoms with Crippen molar-refractivity contribution in [1.82, 2.24) is 20.9 Å². The van der Waals surface area contributed by atoms with Crippen molar-refractivity contribution < 1.29 is 33.8 Å². The maximum atomic E-state index is 13.9. The Labute approximate surface area is 269 Å². The molecule has 4 amide bonds.